The molecule has 0 fully saturated rings. The lowest BCUT2D eigenvalue weighted by molar-refractivity contribution is 0.618. The summed E-state index contributed by atoms with van der Waals surface area (Å²) < 4.78 is 1.12. The smallest absolute Gasteiger partial charge is 0.180 e. The molecule has 4 heteroatoms. The Labute approximate surface area is 136 Å². The Morgan fingerprint density at radius 3 is 2.86 bits per heavy atom. The molecule has 0 saturated carbocycles. The first kappa shape index (κ1) is 13.3. The van der Waals surface area contributed by atoms with E-state index in [9.17, 15) is 0 Å². The summed E-state index contributed by atoms with van der Waals surface area (Å²) in [5.74, 6) is 0.455. The third-order valence-electron chi connectivity index (χ3n) is 4.20. The van der Waals surface area contributed by atoms with E-state index in [1.165, 1.54) is 39.7 Å². The first-order valence-electron chi connectivity index (χ1n) is 7.15. The molecular weight excluding hydrogens is 344 g/mol. The fourth-order valence-electron chi connectivity index (χ4n) is 3.21. The number of fused-ring (bicyclic) bond motifs is 2. The highest BCUT2D eigenvalue weighted by Crippen LogP contribution is 2.41. The Balaban J connectivity index is 1.82. The third-order valence-corrected chi connectivity index (χ3v) is 5.73. The maximum atomic E-state index is 5.91. The molecule has 0 bridgehead atoms. The number of hydrogen-bond donors (Lipinski definition) is 1. The van der Waals surface area contributed by atoms with Gasteiger partial charge in [0.05, 0.1) is 5.69 Å². The fourth-order valence-corrected chi connectivity index (χ4v) is 4.63. The molecule has 2 aromatic carbocycles. The minimum atomic E-state index is 0.455. The highest BCUT2D eigenvalue weighted by molar-refractivity contribution is 9.10. The van der Waals surface area contributed by atoms with Crippen LogP contribution in [0.4, 0.5) is 5.13 Å². The number of benzene rings is 2. The standard InChI is InChI=1S/C17H15BrN2S/c18-13-7-6-10-8-12(5-4-11(10)9-13)14-2-1-3-15-16(14)21-17(19)20-15/h4-9,14H,1-3H2,(H2,19,20). The minimum absolute atomic E-state index is 0.455. The van der Waals surface area contributed by atoms with Gasteiger partial charge in [0.15, 0.2) is 5.13 Å². The molecule has 1 aliphatic carbocycles. The van der Waals surface area contributed by atoms with E-state index in [1.54, 1.807) is 11.3 Å². The number of aryl methyl sites for hydroxylation is 1. The van der Waals surface area contributed by atoms with E-state index in [0.29, 0.717) is 11.0 Å². The van der Waals surface area contributed by atoms with Crippen molar-refractivity contribution in [3.05, 3.63) is 57.0 Å². The highest BCUT2D eigenvalue weighted by Gasteiger charge is 2.25. The molecule has 3 aromatic rings. The molecular formula is C17H15BrN2S. The second-order valence-electron chi connectivity index (χ2n) is 5.56. The first-order chi connectivity index (χ1) is 10.2. The normalized spacial score (nSPS) is 17.9. The number of rotatable bonds is 1. The van der Waals surface area contributed by atoms with E-state index in [4.69, 9.17) is 5.73 Å². The van der Waals surface area contributed by atoms with E-state index in [0.717, 1.165) is 10.9 Å². The Hall–Kier alpha value is -1.39. The van der Waals surface area contributed by atoms with E-state index in [1.807, 2.05) is 0 Å². The van der Waals surface area contributed by atoms with Crippen molar-refractivity contribution in [2.75, 3.05) is 5.73 Å². The summed E-state index contributed by atoms with van der Waals surface area (Å²) in [7, 11) is 0. The molecule has 0 radical (unpaired) electrons. The van der Waals surface area contributed by atoms with Crippen LogP contribution in [0.15, 0.2) is 40.9 Å². The average molecular weight is 359 g/mol. The fraction of sp³-hybridized carbons (Fsp3) is 0.235. The van der Waals surface area contributed by atoms with Gasteiger partial charge in [-0.1, -0.05) is 40.2 Å². The van der Waals surface area contributed by atoms with Crippen LogP contribution in [0.2, 0.25) is 0 Å². The van der Waals surface area contributed by atoms with Crippen LogP contribution in [0.1, 0.15) is 34.9 Å². The van der Waals surface area contributed by atoms with Crippen molar-refractivity contribution in [1.29, 1.82) is 0 Å². The number of halogens is 1. The van der Waals surface area contributed by atoms with Gasteiger partial charge in [-0.15, -0.1) is 11.3 Å². The summed E-state index contributed by atoms with van der Waals surface area (Å²) >= 11 is 5.19. The summed E-state index contributed by atoms with van der Waals surface area (Å²) in [5.41, 5.74) is 8.50. The number of thiazole rings is 1. The zero-order valence-corrected chi connectivity index (χ0v) is 13.9. The lowest BCUT2D eigenvalue weighted by atomic mass is 9.85. The molecule has 2 nitrogen and oxygen atoms in total. The molecule has 106 valence electrons. The topological polar surface area (TPSA) is 38.9 Å². The Morgan fingerprint density at radius 1 is 1.14 bits per heavy atom. The summed E-state index contributed by atoms with van der Waals surface area (Å²) in [6.07, 6.45) is 3.45. The van der Waals surface area contributed by atoms with Crippen molar-refractivity contribution < 1.29 is 0 Å². The SMILES string of the molecule is Nc1nc2c(s1)C(c1ccc3cc(Br)ccc3c1)CCC2. The van der Waals surface area contributed by atoms with Gasteiger partial charge in [0.25, 0.3) is 0 Å². The van der Waals surface area contributed by atoms with E-state index in [-0.39, 0.29) is 0 Å². The van der Waals surface area contributed by atoms with Crippen molar-refractivity contribution in [1.82, 2.24) is 4.98 Å². The van der Waals surface area contributed by atoms with Crippen LogP contribution in [0.25, 0.3) is 10.8 Å². The number of aromatic nitrogens is 1. The zero-order valence-electron chi connectivity index (χ0n) is 11.5. The quantitative estimate of drug-likeness (QED) is 0.656. The van der Waals surface area contributed by atoms with Crippen LogP contribution in [-0.2, 0) is 6.42 Å². The molecule has 1 heterocycles. The largest absolute Gasteiger partial charge is 0.375 e. The third kappa shape index (κ3) is 2.36. The monoisotopic (exact) mass is 358 g/mol. The predicted molar refractivity (Wildman–Crippen MR) is 93.0 cm³/mol. The number of anilines is 1. The number of nitrogen functional groups attached to an aromatic ring is 1. The van der Waals surface area contributed by atoms with E-state index in [2.05, 4.69) is 57.3 Å². The van der Waals surface area contributed by atoms with Crippen molar-refractivity contribution >= 4 is 43.2 Å². The summed E-state index contributed by atoms with van der Waals surface area (Å²) in [6, 6.07) is 13.2. The van der Waals surface area contributed by atoms with Gasteiger partial charge in [0, 0.05) is 15.3 Å². The van der Waals surface area contributed by atoms with Crippen LogP contribution >= 0.6 is 27.3 Å². The second-order valence-corrected chi connectivity index (χ2v) is 7.54. The molecule has 1 atom stereocenters. The van der Waals surface area contributed by atoms with E-state index >= 15 is 0 Å². The molecule has 4 rings (SSSR count). The minimum Gasteiger partial charge on any atom is -0.375 e. The van der Waals surface area contributed by atoms with Gasteiger partial charge >= 0.3 is 0 Å². The Bertz CT molecular complexity index is 825. The van der Waals surface area contributed by atoms with Gasteiger partial charge in [0.1, 0.15) is 0 Å². The van der Waals surface area contributed by atoms with Gasteiger partial charge in [-0.2, -0.15) is 0 Å². The van der Waals surface area contributed by atoms with Crippen molar-refractivity contribution in [2.45, 2.75) is 25.2 Å². The van der Waals surface area contributed by atoms with Gasteiger partial charge < -0.3 is 5.73 Å². The molecule has 1 aliphatic rings. The van der Waals surface area contributed by atoms with Gasteiger partial charge in [-0.3, -0.25) is 0 Å². The highest BCUT2D eigenvalue weighted by atomic mass is 79.9. The van der Waals surface area contributed by atoms with Gasteiger partial charge in [-0.25, -0.2) is 4.98 Å². The molecule has 21 heavy (non-hydrogen) atoms. The van der Waals surface area contributed by atoms with Crippen LogP contribution in [0.3, 0.4) is 0 Å². The van der Waals surface area contributed by atoms with Gasteiger partial charge in [0.2, 0.25) is 0 Å². The van der Waals surface area contributed by atoms with Crippen LogP contribution in [0.5, 0.6) is 0 Å². The number of nitrogens with two attached hydrogens (primary N) is 1. The zero-order chi connectivity index (χ0) is 14.4. The first-order valence-corrected chi connectivity index (χ1v) is 8.76. The lowest BCUT2D eigenvalue weighted by Crippen LogP contribution is -2.09. The van der Waals surface area contributed by atoms with Gasteiger partial charge in [-0.05, 0) is 47.7 Å². The second kappa shape index (κ2) is 5.11. The molecule has 0 spiro atoms. The molecule has 1 aromatic heterocycles. The van der Waals surface area contributed by atoms with Crippen molar-refractivity contribution in [3.8, 4) is 0 Å². The van der Waals surface area contributed by atoms with Crippen molar-refractivity contribution in [3.63, 3.8) is 0 Å². The Kier molecular flexibility index (Phi) is 3.23. The summed E-state index contributed by atoms with van der Waals surface area (Å²) in [4.78, 5) is 5.86. The molecule has 2 N–H and O–H groups in total. The molecule has 1 unspecified atom stereocenters. The lowest BCUT2D eigenvalue weighted by Gasteiger charge is -2.22. The summed E-state index contributed by atoms with van der Waals surface area (Å²) in [5, 5.41) is 3.27. The number of hydrogen-bond acceptors (Lipinski definition) is 3. The summed E-state index contributed by atoms with van der Waals surface area (Å²) in [6.45, 7) is 0. The van der Waals surface area contributed by atoms with Crippen LogP contribution < -0.4 is 5.73 Å². The predicted octanol–water partition coefficient (Wildman–Crippen LogP) is 5.11. The average Bonchev–Trinajstić information content (AvgIpc) is 2.86. The van der Waals surface area contributed by atoms with Crippen LogP contribution in [-0.4, -0.2) is 4.98 Å². The maximum Gasteiger partial charge on any atom is 0.180 e. The molecule has 0 amide bonds. The maximum absolute atomic E-state index is 5.91. The van der Waals surface area contributed by atoms with Crippen molar-refractivity contribution in [2.24, 2.45) is 0 Å². The van der Waals surface area contributed by atoms with E-state index < -0.39 is 0 Å². The Morgan fingerprint density at radius 2 is 1.95 bits per heavy atom. The molecule has 0 saturated heterocycles. The number of nitrogens with zero attached hydrogens (tertiary/aromatic N) is 1. The molecule has 0 aliphatic heterocycles. The van der Waals surface area contributed by atoms with Crippen LogP contribution in [0, 0.1) is 0 Å².